The Labute approximate surface area is 456 Å². The van der Waals surface area contributed by atoms with Gasteiger partial charge in [0.15, 0.2) is 0 Å². The van der Waals surface area contributed by atoms with E-state index in [0.717, 1.165) is 158 Å². The monoisotopic (exact) mass is 1250 g/mol. The molecule has 0 bridgehead atoms. The molecule has 60 heavy (non-hydrogen) atoms. The molecule has 6 heterocycles. The summed E-state index contributed by atoms with van der Waals surface area (Å²) in [6.07, 6.45) is 0. The maximum Gasteiger partial charge on any atom is 1.00 e. The Balaban J connectivity index is -0.000000143. The Morgan fingerprint density at radius 2 is 0.317 bits per heavy atom. The van der Waals surface area contributed by atoms with Gasteiger partial charge < -0.3 is 168 Å². The van der Waals surface area contributed by atoms with Crippen LogP contribution in [0.3, 0.4) is 0 Å². The molecule has 6 unspecified atom stereocenters. The van der Waals surface area contributed by atoms with Crippen molar-refractivity contribution in [3.8, 4) is 0 Å². The summed E-state index contributed by atoms with van der Waals surface area (Å²) in [4.78, 5) is 11.5. The molecule has 6 rings (SSSR count). The van der Waals surface area contributed by atoms with Crippen molar-refractivity contribution < 1.29 is 131 Å². The number of hydrogen-bond donors (Lipinski definition) is 0. The molecule has 18 nitrogen and oxygen atoms in total. The fourth-order valence-corrected chi connectivity index (χ4v) is 6.14. The van der Waals surface area contributed by atoms with Crippen LogP contribution in [0, 0.1) is 0 Å². The first kappa shape index (κ1) is 76.0. The maximum absolute atomic E-state index is 7.16. The van der Waals surface area contributed by atoms with Gasteiger partial charge in [-0.3, -0.25) is 0 Å². The van der Waals surface area contributed by atoms with Crippen molar-refractivity contribution >= 4 is 75.8 Å². The van der Waals surface area contributed by atoms with E-state index in [0.29, 0.717) is 0 Å². The molecule has 0 aliphatic carbocycles. The van der Waals surface area contributed by atoms with E-state index in [1.54, 1.807) is 0 Å². The summed E-state index contributed by atoms with van der Waals surface area (Å²) in [5.74, 6) is 0. The number of hydrogen-bond acceptors (Lipinski definition) is 18. The average molecular weight is 1260 g/mol. The van der Waals surface area contributed by atoms with Gasteiger partial charge in [-0.1, -0.05) is 0 Å². The molecule has 0 saturated carbocycles. The summed E-state index contributed by atoms with van der Waals surface area (Å²) in [7, 11) is 0. The topological polar surface area (TPSA) is 218 Å². The predicted molar refractivity (Wildman–Crippen MR) is 227 cm³/mol. The first-order valence-corrected chi connectivity index (χ1v) is 20.8. The molecule has 6 atom stereocenters. The Kier molecular flexibility index (Phi) is 63.2. The van der Waals surface area contributed by atoms with Crippen LogP contribution in [0.5, 0.6) is 0 Å². The van der Waals surface area contributed by atoms with Crippen LogP contribution in [0.25, 0.3) is 34.4 Å². The van der Waals surface area contributed by atoms with Gasteiger partial charge in [0, 0.05) is 78.5 Å². The fraction of sp³-hybridized carbons (Fsp3) is 1.00. The summed E-state index contributed by atoms with van der Waals surface area (Å²) in [5.41, 5.74) is 40.1. The zero-order valence-electron chi connectivity index (χ0n) is 32.8. The van der Waals surface area contributed by atoms with Crippen molar-refractivity contribution in [1.82, 2.24) is 29.4 Å². The molecule has 6 aliphatic heterocycles. The number of rotatable bonds is 6. The maximum atomic E-state index is 7.16. The Hall–Kier alpha value is 4.50. The third-order valence-corrected chi connectivity index (χ3v) is 10.1. The Morgan fingerprint density at radius 1 is 0.233 bits per heavy atom. The van der Waals surface area contributed by atoms with E-state index < -0.39 is 33.0 Å². The van der Waals surface area contributed by atoms with Gasteiger partial charge in [0.1, 0.15) is 0 Å². The van der Waals surface area contributed by atoms with Crippen molar-refractivity contribution in [3.63, 3.8) is 0 Å². The van der Waals surface area contributed by atoms with E-state index in [1.807, 2.05) is 29.4 Å². The van der Waals surface area contributed by atoms with Crippen LogP contribution >= 0.6 is 0 Å². The third kappa shape index (κ3) is 40.4. The number of morpholine rings is 6. The van der Waals surface area contributed by atoms with Gasteiger partial charge in [-0.2, -0.15) is 0 Å². The number of ether oxygens (including phenoxy) is 6. The largest absolute Gasteiger partial charge is 1.00 e. The van der Waals surface area contributed by atoms with Crippen LogP contribution in [0.4, 0.5) is 0 Å². The molecule has 0 aromatic heterocycles. The van der Waals surface area contributed by atoms with Gasteiger partial charge in [-0.05, 0) is 0 Å². The van der Waals surface area contributed by atoms with Gasteiger partial charge in [0.2, 0.25) is 0 Å². The minimum absolute atomic E-state index is 0. The van der Waals surface area contributed by atoms with E-state index in [4.69, 9.17) is 139 Å². The minimum atomic E-state index is -0.478. The SMILES string of the molecule is [Cu+].[Cu+].[Cu+].[Cu+].[Cu+].[Cu+].[NH-]C([S-])N1CCOCC1.[NH-]C([S-])N1CCOCC1.[NH-]C([S-])N1CCOCC1.[NH-]C([S-])N1CCOCC1.[NH-]C([S-])N1CCOCC1.[NH-]C([S-])N1CCOCC1. The molecule has 30 heteroatoms. The van der Waals surface area contributed by atoms with Crippen molar-refractivity contribution in [2.24, 2.45) is 0 Å². The molecule has 6 aliphatic rings. The third-order valence-electron chi connectivity index (χ3n) is 8.26. The van der Waals surface area contributed by atoms with E-state index in [1.165, 1.54) is 0 Å². The minimum Gasteiger partial charge on any atom is -0.797 e. The second-order valence-electron chi connectivity index (χ2n) is 12.0. The van der Waals surface area contributed by atoms with Gasteiger partial charge in [-0.25, -0.2) is 33.0 Å². The second kappa shape index (κ2) is 49.9. The van der Waals surface area contributed by atoms with Gasteiger partial charge in [0.05, 0.1) is 79.3 Å². The van der Waals surface area contributed by atoms with Crippen LogP contribution < -0.4 is 0 Å². The Bertz CT molecular complexity index is 697. The molecule has 6 N–H and O–H groups in total. The van der Waals surface area contributed by atoms with Crippen LogP contribution in [-0.2, 0) is 207 Å². The van der Waals surface area contributed by atoms with Crippen molar-refractivity contribution in [3.05, 3.63) is 34.4 Å². The van der Waals surface area contributed by atoms with Crippen LogP contribution in [0.15, 0.2) is 0 Å². The smallest absolute Gasteiger partial charge is 0.797 e. The normalized spacial score (nSPS) is 23.4. The molecule has 384 valence electrons. The Morgan fingerprint density at radius 3 is 0.367 bits per heavy atom. The van der Waals surface area contributed by atoms with Crippen LogP contribution in [0.2, 0.25) is 0 Å². The summed E-state index contributed by atoms with van der Waals surface area (Å²) in [6, 6.07) is 0. The summed E-state index contributed by atoms with van der Waals surface area (Å²) in [5, 5.41) is 0. The predicted octanol–water partition coefficient (Wildman–Crippen LogP) is 1.19. The summed E-state index contributed by atoms with van der Waals surface area (Å²) >= 11 is 28.4. The van der Waals surface area contributed by atoms with Crippen molar-refractivity contribution in [2.75, 3.05) is 158 Å². The molecule has 6 saturated heterocycles. The zero-order chi connectivity index (χ0) is 40.1. The summed E-state index contributed by atoms with van der Waals surface area (Å²) < 4.78 is 30.5. The number of nitrogens with zero attached hydrogens (tertiary/aromatic N) is 6. The van der Waals surface area contributed by atoms with Gasteiger partial charge >= 0.3 is 102 Å². The van der Waals surface area contributed by atoms with E-state index >= 15 is 0 Å². The second-order valence-corrected chi connectivity index (χ2v) is 14.7. The standard InChI is InChI=1S/6C5H11N2OS.6Cu/c6*6-5(9)7-1-3-8-4-2-7;;;;;;/h6*5-6,9H,1-4H2;;;;;;/q6*-1;6*+1/p-6. The summed E-state index contributed by atoms with van der Waals surface area (Å²) in [6.45, 7) is 18.5. The van der Waals surface area contributed by atoms with E-state index in [-0.39, 0.29) is 102 Å². The number of nitrogens with one attached hydrogen (secondary N) is 6. The zero-order valence-corrected chi connectivity index (χ0v) is 43.4. The van der Waals surface area contributed by atoms with Gasteiger partial charge in [-0.15, -0.1) is 0 Å². The molecular formula is C30H60Cu6N12O6S6-6. The van der Waals surface area contributed by atoms with Gasteiger partial charge in [0.25, 0.3) is 0 Å². The van der Waals surface area contributed by atoms with Crippen LogP contribution in [0.1, 0.15) is 0 Å². The molecule has 0 radical (unpaired) electrons. The van der Waals surface area contributed by atoms with E-state index in [2.05, 4.69) is 0 Å². The van der Waals surface area contributed by atoms with Crippen LogP contribution in [-0.4, -0.2) is 220 Å². The molecule has 0 amide bonds. The quantitative estimate of drug-likeness (QED) is 0.270. The molecular weight excluding hydrogens is 1200 g/mol. The molecule has 0 aromatic carbocycles. The molecule has 0 aromatic rings. The fourth-order valence-electron chi connectivity index (χ4n) is 4.87. The van der Waals surface area contributed by atoms with E-state index in [9.17, 15) is 0 Å². The first-order valence-electron chi connectivity index (χ1n) is 18.0. The molecule has 0 spiro atoms. The first-order chi connectivity index (χ1) is 25.8. The molecule has 6 fully saturated rings. The van der Waals surface area contributed by atoms with Crippen molar-refractivity contribution in [2.45, 2.75) is 33.0 Å². The average Bonchev–Trinajstić information content (AvgIpc) is 3.21. The van der Waals surface area contributed by atoms with Crippen molar-refractivity contribution in [1.29, 1.82) is 0 Å².